The SMILES string of the molecule is C#CCOc1c(I)cc(/C=C/[N+](=O)[O-])cc1OC. The van der Waals surface area contributed by atoms with Gasteiger partial charge in [-0.3, -0.25) is 10.1 Å². The largest absolute Gasteiger partial charge is 0.493 e. The van der Waals surface area contributed by atoms with Crippen molar-refractivity contribution >= 4 is 28.7 Å². The van der Waals surface area contributed by atoms with Crippen molar-refractivity contribution in [3.05, 3.63) is 37.6 Å². The minimum Gasteiger partial charge on any atom is -0.493 e. The van der Waals surface area contributed by atoms with Gasteiger partial charge in [-0.2, -0.15) is 0 Å². The van der Waals surface area contributed by atoms with Gasteiger partial charge in [-0.1, -0.05) is 5.92 Å². The predicted octanol–water partition coefficient (Wildman–Crippen LogP) is 2.56. The summed E-state index contributed by atoms with van der Waals surface area (Å²) in [6.07, 6.45) is 7.38. The van der Waals surface area contributed by atoms with Gasteiger partial charge in [-0.15, -0.1) is 6.42 Å². The number of hydrogen-bond acceptors (Lipinski definition) is 4. The van der Waals surface area contributed by atoms with Crippen LogP contribution in [0.25, 0.3) is 6.08 Å². The van der Waals surface area contributed by atoms with Crippen LogP contribution in [0.4, 0.5) is 0 Å². The second-order valence-electron chi connectivity index (χ2n) is 3.13. The van der Waals surface area contributed by atoms with E-state index >= 15 is 0 Å². The lowest BCUT2D eigenvalue weighted by Crippen LogP contribution is -1.99. The van der Waals surface area contributed by atoms with E-state index in [9.17, 15) is 10.1 Å². The highest BCUT2D eigenvalue weighted by Gasteiger charge is 2.10. The summed E-state index contributed by atoms with van der Waals surface area (Å²) in [4.78, 5) is 9.73. The molecule has 18 heavy (non-hydrogen) atoms. The Kier molecular flexibility index (Phi) is 5.45. The molecule has 1 aromatic rings. The normalized spacial score (nSPS) is 10.1. The van der Waals surface area contributed by atoms with Crippen molar-refractivity contribution in [2.24, 2.45) is 0 Å². The average molecular weight is 359 g/mol. The van der Waals surface area contributed by atoms with E-state index in [1.165, 1.54) is 13.2 Å². The second kappa shape index (κ2) is 6.86. The maximum Gasteiger partial charge on any atom is 0.235 e. The topological polar surface area (TPSA) is 61.6 Å². The highest BCUT2D eigenvalue weighted by atomic mass is 127. The van der Waals surface area contributed by atoms with Gasteiger partial charge in [0.1, 0.15) is 6.61 Å². The first kappa shape index (κ1) is 14.3. The molecule has 0 radical (unpaired) electrons. The molecule has 0 aliphatic carbocycles. The summed E-state index contributed by atoms with van der Waals surface area (Å²) in [5.74, 6) is 3.39. The molecule has 0 N–H and O–H groups in total. The smallest absolute Gasteiger partial charge is 0.235 e. The molecular weight excluding hydrogens is 349 g/mol. The first-order valence-electron chi connectivity index (χ1n) is 4.84. The Morgan fingerprint density at radius 1 is 1.61 bits per heavy atom. The summed E-state index contributed by atoms with van der Waals surface area (Å²) < 4.78 is 11.3. The first-order valence-corrected chi connectivity index (χ1v) is 5.92. The zero-order chi connectivity index (χ0) is 13.5. The van der Waals surface area contributed by atoms with Crippen LogP contribution >= 0.6 is 22.6 Å². The summed E-state index contributed by atoms with van der Waals surface area (Å²) in [5.41, 5.74) is 0.654. The van der Waals surface area contributed by atoms with Gasteiger partial charge in [0.15, 0.2) is 11.5 Å². The zero-order valence-electron chi connectivity index (χ0n) is 9.55. The fourth-order valence-corrected chi connectivity index (χ4v) is 2.02. The Morgan fingerprint density at radius 2 is 2.33 bits per heavy atom. The number of ether oxygens (including phenoxy) is 2. The predicted molar refractivity (Wildman–Crippen MR) is 76.1 cm³/mol. The second-order valence-corrected chi connectivity index (χ2v) is 4.29. The van der Waals surface area contributed by atoms with E-state index in [-0.39, 0.29) is 6.61 Å². The Bertz CT molecular complexity index is 520. The van der Waals surface area contributed by atoms with E-state index in [1.54, 1.807) is 12.1 Å². The monoisotopic (exact) mass is 359 g/mol. The van der Waals surface area contributed by atoms with Gasteiger partial charge in [-0.25, -0.2) is 0 Å². The van der Waals surface area contributed by atoms with Gasteiger partial charge in [0.2, 0.25) is 6.20 Å². The molecule has 0 saturated heterocycles. The Hall–Kier alpha value is -1.75. The lowest BCUT2D eigenvalue weighted by molar-refractivity contribution is -0.400. The Labute approximate surface area is 118 Å². The van der Waals surface area contributed by atoms with Crippen molar-refractivity contribution in [1.82, 2.24) is 0 Å². The number of nitro groups is 1. The molecule has 94 valence electrons. The van der Waals surface area contributed by atoms with Gasteiger partial charge in [0, 0.05) is 6.08 Å². The molecule has 0 fully saturated rings. The van der Waals surface area contributed by atoms with Crippen LogP contribution in [0.2, 0.25) is 0 Å². The molecule has 0 unspecified atom stereocenters. The third-order valence-corrected chi connectivity index (χ3v) is 2.74. The fourth-order valence-electron chi connectivity index (χ4n) is 1.24. The number of terminal acetylenes is 1. The molecule has 1 aromatic carbocycles. The van der Waals surface area contributed by atoms with Crippen LogP contribution in [0, 0.1) is 26.0 Å². The van der Waals surface area contributed by atoms with E-state index in [2.05, 4.69) is 28.5 Å². The van der Waals surface area contributed by atoms with Crippen LogP contribution in [0.5, 0.6) is 11.5 Å². The van der Waals surface area contributed by atoms with E-state index in [4.69, 9.17) is 15.9 Å². The zero-order valence-corrected chi connectivity index (χ0v) is 11.7. The number of halogens is 1. The van der Waals surface area contributed by atoms with E-state index < -0.39 is 4.92 Å². The van der Waals surface area contributed by atoms with Gasteiger partial charge in [0.25, 0.3) is 0 Å². The minimum absolute atomic E-state index is 0.135. The van der Waals surface area contributed by atoms with Crippen LogP contribution in [0.15, 0.2) is 18.3 Å². The number of hydrogen-bond donors (Lipinski definition) is 0. The first-order chi connectivity index (χ1) is 8.58. The summed E-state index contributed by atoms with van der Waals surface area (Å²) in [6.45, 7) is 0.135. The third kappa shape index (κ3) is 3.92. The maximum absolute atomic E-state index is 10.3. The molecule has 6 heteroatoms. The van der Waals surface area contributed by atoms with Crippen LogP contribution in [-0.2, 0) is 0 Å². The van der Waals surface area contributed by atoms with Crippen molar-refractivity contribution in [2.45, 2.75) is 0 Å². The Morgan fingerprint density at radius 3 is 2.89 bits per heavy atom. The average Bonchev–Trinajstić information content (AvgIpc) is 2.34. The molecule has 0 bridgehead atoms. The summed E-state index contributed by atoms with van der Waals surface area (Å²) in [6, 6.07) is 3.39. The van der Waals surface area contributed by atoms with Gasteiger partial charge < -0.3 is 9.47 Å². The summed E-state index contributed by atoms with van der Waals surface area (Å²) in [5, 5.41) is 10.3. The van der Waals surface area contributed by atoms with E-state index in [1.807, 2.05) is 0 Å². The van der Waals surface area contributed by atoms with E-state index in [0.29, 0.717) is 17.1 Å². The van der Waals surface area contributed by atoms with Crippen LogP contribution < -0.4 is 9.47 Å². The highest BCUT2D eigenvalue weighted by Crippen LogP contribution is 2.34. The maximum atomic E-state index is 10.3. The highest BCUT2D eigenvalue weighted by molar-refractivity contribution is 14.1. The molecule has 0 heterocycles. The molecule has 1 rings (SSSR count). The van der Waals surface area contributed by atoms with Crippen molar-refractivity contribution in [1.29, 1.82) is 0 Å². The third-order valence-electron chi connectivity index (χ3n) is 1.94. The number of benzene rings is 1. The van der Waals surface area contributed by atoms with Gasteiger partial charge >= 0.3 is 0 Å². The molecule has 0 aliphatic heterocycles. The van der Waals surface area contributed by atoms with Crippen LogP contribution in [-0.4, -0.2) is 18.6 Å². The number of nitrogens with zero attached hydrogens (tertiary/aromatic N) is 1. The lowest BCUT2D eigenvalue weighted by Gasteiger charge is -2.11. The minimum atomic E-state index is -0.526. The molecule has 0 saturated carbocycles. The molecule has 0 spiro atoms. The number of methoxy groups -OCH3 is 1. The lowest BCUT2D eigenvalue weighted by atomic mass is 10.2. The molecule has 0 amide bonds. The quantitative estimate of drug-likeness (QED) is 0.351. The van der Waals surface area contributed by atoms with Crippen molar-refractivity contribution in [3.8, 4) is 23.8 Å². The van der Waals surface area contributed by atoms with Gasteiger partial charge in [-0.05, 0) is 40.3 Å². The molecule has 0 aromatic heterocycles. The fraction of sp³-hybridized carbons (Fsp3) is 0.167. The summed E-state index contributed by atoms with van der Waals surface area (Å²) >= 11 is 2.05. The molecule has 0 aliphatic rings. The number of rotatable bonds is 5. The molecule has 5 nitrogen and oxygen atoms in total. The van der Waals surface area contributed by atoms with Gasteiger partial charge in [0.05, 0.1) is 15.6 Å². The van der Waals surface area contributed by atoms with Crippen molar-refractivity contribution in [2.75, 3.05) is 13.7 Å². The van der Waals surface area contributed by atoms with E-state index in [0.717, 1.165) is 9.77 Å². The standard InChI is InChI=1S/C12H10INO4/c1-3-6-18-12-10(13)7-9(4-5-14(15)16)8-11(12)17-2/h1,4-5,7-8H,6H2,2H3/b5-4+. The van der Waals surface area contributed by atoms with Crippen LogP contribution in [0.1, 0.15) is 5.56 Å². The molecular formula is C12H10INO4. The van der Waals surface area contributed by atoms with Crippen LogP contribution in [0.3, 0.4) is 0 Å². The summed E-state index contributed by atoms with van der Waals surface area (Å²) in [7, 11) is 1.50. The molecule has 0 atom stereocenters. The van der Waals surface area contributed by atoms with Crippen molar-refractivity contribution in [3.63, 3.8) is 0 Å². The van der Waals surface area contributed by atoms with Crippen molar-refractivity contribution < 1.29 is 14.4 Å². The Balaban J connectivity index is 3.10.